The smallest absolute Gasteiger partial charge is 0.232 e. The molecule has 1 aromatic carbocycles. The number of sulfonamides is 1. The number of hydrogen-bond donors (Lipinski definition) is 2. The van der Waals surface area contributed by atoms with E-state index in [9.17, 15) is 8.42 Å². The van der Waals surface area contributed by atoms with E-state index < -0.39 is 10.0 Å². The van der Waals surface area contributed by atoms with Crippen LogP contribution in [-0.2, 0) is 21.4 Å². The van der Waals surface area contributed by atoms with Gasteiger partial charge in [-0.05, 0) is 37.7 Å². The molecule has 0 aliphatic heterocycles. The largest absolute Gasteiger partial charge is 0.380 e. The number of hydrogen-bond acceptors (Lipinski definition) is 4. The Morgan fingerprint density at radius 3 is 2.78 bits per heavy atom. The highest BCUT2D eigenvalue weighted by Crippen LogP contribution is 2.13. The van der Waals surface area contributed by atoms with E-state index in [1.165, 1.54) is 0 Å². The second-order valence-electron chi connectivity index (χ2n) is 4.01. The van der Waals surface area contributed by atoms with Gasteiger partial charge >= 0.3 is 0 Å². The van der Waals surface area contributed by atoms with E-state index in [-0.39, 0.29) is 5.75 Å². The minimum absolute atomic E-state index is 0.113. The lowest BCUT2D eigenvalue weighted by Gasteiger charge is -2.09. The maximum absolute atomic E-state index is 11.8. The second kappa shape index (κ2) is 7.35. The Labute approximate surface area is 109 Å². The van der Waals surface area contributed by atoms with E-state index in [2.05, 4.69) is 10.0 Å². The molecule has 0 atom stereocenters. The number of methoxy groups -OCH3 is 1. The molecule has 102 valence electrons. The third-order valence-electron chi connectivity index (χ3n) is 2.35. The average Bonchev–Trinajstić information content (AvgIpc) is 2.29. The Kier molecular flexibility index (Phi) is 6.11. The minimum Gasteiger partial charge on any atom is -0.380 e. The van der Waals surface area contributed by atoms with Crippen molar-refractivity contribution >= 4 is 15.7 Å². The van der Waals surface area contributed by atoms with Crippen LogP contribution in [-0.4, -0.2) is 34.9 Å². The van der Waals surface area contributed by atoms with Gasteiger partial charge in [-0.15, -0.1) is 0 Å². The molecule has 0 unspecified atom stereocenters. The van der Waals surface area contributed by atoms with Crippen molar-refractivity contribution in [3.05, 3.63) is 29.8 Å². The molecule has 18 heavy (non-hydrogen) atoms. The van der Waals surface area contributed by atoms with Crippen LogP contribution in [0.5, 0.6) is 0 Å². The van der Waals surface area contributed by atoms with Gasteiger partial charge in [-0.2, -0.15) is 0 Å². The molecule has 5 nitrogen and oxygen atoms in total. The molecular formula is C12H20N2O3S. The average molecular weight is 272 g/mol. The molecule has 0 aliphatic carbocycles. The van der Waals surface area contributed by atoms with E-state index >= 15 is 0 Å². The third-order valence-corrected chi connectivity index (χ3v) is 3.72. The molecule has 0 saturated carbocycles. The van der Waals surface area contributed by atoms with E-state index in [0.717, 1.165) is 5.56 Å². The van der Waals surface area contributed by atoms with Gasteiger partial charge in [-0.25, -0.2) is 8.42 Å². The fourth-order valence-corrected chi connectivity index (χ4v) is 2.67. The lowest BCUT2D eigenvalue weighted by molar-refractivity contribution is 0.185. The Balaban J connectivity index is 2.62. The quantitative estimate of drug-likeness (QED) is 0.697. The predicted octanol–water partition coefficient (Wildman–Crippen LogP) is 1.18. The maximum atomic E-state index is 11.8. The van der Waals surface area contributed by atoms with Crippen LogP contribution in [0.25, 0.3) is 0 Å². The molecule has 1 aromatic rings. The van der Waals surface area contributed by atoms with Crippen LogP contribution in [0.4, 0.5) is 5.69 Å². The lowest BCUT2D eigenvalue weighted by Crippen LogP contribution is -2.20. The third kappa shape index (κ3) is 5.48. The Hall–Kier alpha value is -1.11. The first-order chi connectivity index (χ1) is 8.57. The molecule has 0 fully saturated rings. The first-order valence-electron chi connectivity index (χ1n) is 5.80. The summed E-state index contributed by atoms with van der Waals surface area (Å²) in [7, 11) is 0.136. The van der Waals surface area contributed by atoms with Crippen LogP contribution in [0.2, 0.25) is 0 Å². The van der Waals surface area contributed by atoms with E-state index in [1.807, 2.05) is 6.07 Å². The van der Waals surface area contributed by atoms with Gasteiger partial charge in [-0.1, -0.05) is 12.1 Å². The molecule has 2 N–H and O–H groups in total. The van der Waals surface area contributed by atoms with E-state index in [0.29, 0.717) is 25.3 Å². The summed E-state index contributed by atoms with van der Waals surface area (Å²) in [6, 6.07) is 7.20. The van der Waals surface area contributed by atoms with E-state index in [4.69, 9.17) is 4.74 Å². The zero-order valence-electron chi connectivity index (χ0n) is 10.8. The molecule has 6 heteroatoms. The molecule has 0 spiro atoms. The van der Waals surface area contributed by atoms with Crippen molar-refractivity contribution in [3.8, 4) is 0 Å². The van der Waals surface area contributed by atoms with Gasteiger partial charge in [0.05, 0.1) is 12.4 Å². The van der Waals surface area contributed by atoms with Gasteiger partial charge < -0.3 is 10.1 Å². The molecule has 0 heterocycles. The number of ether oxygens (including phenoxy) is 1. The van der Waals surface area contributed by atoms with Crippen molar-refractivity contribution in [2.75, 3.05) is 31.2 Å². The summed E-state index contributed by atoms with van der Waals surface area (Å²) in [5.41, 5.74) is 1.52. The Morgan fingerprint density at radius 1 is 1.33 bits per heavy atom. The summed E-state index contributed by atoms with van der Waals surface area (Å²) in [5.74, 6) is 0.113. The Morgan fingerprint density at radius 2 is 2.11 bits per heavy atom. The lowest BCUT2D eigenvalue weighted by atomic mass is 10.2. The number of benzene rings is 1. The molecule has 0 amide bonds. The van der Waals surface area contributed by atoms with Gasteiger partial charge in [0.1, 0.15) is 0 Å². The van der Waals surface area contributed by atoms with Crippen LogP contribution in [0, 0.1) is 0 Å². The zero-order chi connectivity index (χ0) is 13.4. The maximum Gasteiger partial charge on any atom is 0.232 e. The van der Waals surface area contributed by atoms with Gasteiger partial charge in [0.15, 0.2) is 0 Å². The summed E-state index contributed by atoms with van der Waals surface area (Å²) < 4.78 is 31.1. The fraction of sp³-hybridized carbons (Fsp3) is 0.500. The highest BCUT2D eigenvalue weighted by molar-refractivity contribution is 7.92. The van der Waals surface area contributed by atoms with Gasteiger partial charge in [0, 0.05) is 12.8 Å². The first kappa shape index (κ1) is 14.9. The van der Waals surface area contributed by atoms with Crippen molar-refractivity contribution < 1.29 is 13.2 Å². The standard InChI is InChI=1S/C12H20N2O3S/c1-13-7-4-8-18(15,16)14-12-6-3-5-11(9-12)10-17-2/h3,5-6,9,13-14H,4,7-8,10H2,1-2H3. The molecule has 0 aromatic heterocycles. The zero-order valence-corrected chi connectivity index (χ0v) is 11.6. The normalized spacial score (nSPS) is 11.4. The number of rotatable bonds is 8. The summed E-state index contributed by atoms with van der Waals surface area (Å²) in [5, 5.41) is 2.92. The summed E-state index contributed by atoms with van der Waals surface area (Å²) in [6.07, 6.45) is 0.587. The van der Waals surface area contributed by atoms with Gasteiger partial charge in [-0.3, -0.25) is 4.72 Å². The second-order valence-corrected chi connectivity index (χ2v) is 5.85. The van der Waals surface area contributed by atoms with E-state index in [1.54, 1.807) is 32.4 Å². The SMILES string of the molecule is CNCCCS(=O)(=O)Nc1cccc(COC)c1. The van der Waals surface area contributed by atoms with Crippen molar-refractivity contribution in [1.29, 1.82) is 0 Å². The first-order valence-corrected chi connectivity index (χ1v) is 7.45. The molecule has 0 radical (unpaired) electrons. The van der Waals surface area contributed by atoms with Crippen LogP contribution >= 0.6 is 0 Å². The molecule has 0 aliphatic rings. The molecule has 0 bridgehead atoms. The van der Waals surface area contributed by atoms with Crippen LogP contribution < -0.4 is 10.0 Å². The van der Waals surface area contributed by atoms with Crippen molar-refractivity contribution in [2.45, 2.75) is 13.0 Å². The number of anilines is 1. The van der Waals surface area contributed by atoms with Crippen molar-refractivity contribution in [3.63, 3.8) is 0 Å². The Bertz CT molecular complexity index is 460. The highest BCUT2D eigenvalue weighted by atomic mass is 32.2. The minimum atomic E-state index is -3.27. The predicted molar refractivity (Wildman–Crippen MR) is 73.1 cm³/mol. The van der Waals surface area contributed by atoms with Crippen LogP contribution in [0.3, 0.4) is 0 Å². The van der Waals surface area contributed by atoms with Crippen LogP contribution in [0.1, 0.15) is 12.0 Å². The van der Waals surface area contributed by atoms with Gasteiger partial charge in [0.2, 0.25) is 10.0 Å². The molecule has 0 saturated heterocycles. The van der Waals surface area contributed by atoms with Crippen LogP contribution in [0.15, 0.2) is 24.3 Å². The highest BCUT2D eigenvalue weighted by Gasteiger charge is 2.09. The summed E-state index contributed by atoms with van der Waals surface area (Å²) in [6.45, 7) is 1.15. The van der Waals surface area contributed by atoms with Gasteiger partial charge in [0.25, 0.3) is 0 Å². The van der Waals surface area contributed by atoms with Crippen molar-refractivity contribution in [2.24, 2.45) is 0 Å². The molecular weight excluding hydrogens is 252 g/mol. The molecule has 1 rings (SSSR count). The number of nitrogens with one attached hydrogen (secondary N) is 2. The summed E-state index contributed by atoms with van der Waals surface area (Å²) in [4.78, 5) is 0. The van der Waals surface area contributed by atoms with Crippen molar-refractivity contribution in [1.82, 2.24) is 5.32 Å². The summed E-state index contributed by atoms with van der Waals surface area (Å²) >= 11 is 0. The topological polar surface area (TPSA) is 67.4 Å². The fourth-order valence-electron chi connectivity index (χ4n) is 1.56. The monoisotopic (exact) mass is 272 g/mol.